The van der Waals surface area contributed by atoms with Crippen molar-refractivity contribution in [1.29, 1.82) is 0 Å². The second-order valence-electron chi connectivity index (χ2n) is 4.90. The van der Waals surface area contributed by atoms with Crippen LogP contribution in [0, 0.1) is 0 Å². The van der Waals surface area contributed by atoms with Gasteiger partial charge in [0, 0.05) is 12.3 Å². The van der Waals surface area contributed by atoms with E-state index in [4.69, 9.17) is 25.8 Å². The SMILES string of the molecule is CCOCC(=O)OCC(=O)Nc1ccc(Oc2ccccc2Cl)cc1. The standard InChI is InChI=1S/C18H18ClNO5/c1-2-23-12-18(22)24-11-17(21)20-13-7-9-14(10-8-13)25-16-6-4-3-5-15(16)19/h3-10H,2,11-12H2,1H3,(H,20,21). The van der Waals surface area contributed by atoms with E-state index in [2.05, 4.69) is 5.32 Å². The molecular formula is C18H18ClNO5. The fourth-order valence-corrected chi connectivity index (χ4v) is 2.01. The molecule has 0 aliphatic carbocycles. The van der Waals surface area contributed by atoms with E-state index in [1.165, 1.54) is 0 Å². The molecule has 0 radical (unpaired) electrons. The number of hydrogen-bond donors (Lipinski definition) is 1. The Kier molecular flexibility index (Phi) is 7.25. The fraction of sp³-hybridized carbons (Fsp3) is 0.222. The third-order valence-electron chi connectivity index (χ3n) is 2.99. The van der Waals surface area contributed by atoms with Gasteiger partial charge in [-0.15, -0.1) is 0 Å². The topological polar surface area (TPSA) is 73.9 Å². The molecule has 1 N–H and O–H groups in total. The van der Waals surface area contributed by atoms with Gasteiger partial charge in [0.1, 0.15) is 18.1 Å². The monoisotopic (exact) mass is 363 g/mol. The minimum atomic E-state index is -0.583. The maximum absolute atomic E-state index is 11.7. The maximum Gasteiger partial charge on any atom is 0.332 e. The Hall–Kier alpha value is -2.57. The smallest absolute Gasteiger partial charge is 0.332 e. The highest BCUT2D eigenvalue weighted by molar-refractivity contribution is 6.32. The highest BCUT2D eigenvalue weighted by atomic mass is 35.5. The number of rotatable bonds is 8. The minimum Gasteiger partial charge on any atom is -0.456 e. The first kappa shape index (κ1) is 18.8. The van der Waals surface area contributed by atoms with Gasteiger partial charge >= 0.3 is 5.97 Å². The largest absolute Gasteiger partial charge is 0.456 e. The zero-order valence-electron chi connectivity index (χ0n) is 13.7. The molecule has 132 valence electrons. The predicted octanol–water partition coefficient (Wildman–Crippen LogP) is 3.65. The lowest BCUT2D eigenvalue weighted by atomic mass is 10.3. The Bertz CT molecular complexity index is 718. The van der Waals surface area contributed by atoms with Crippen LogP contribution in [0.3, 0.4) is 0 Å². The Morgan fingerprint density at radius 2 is 1.76 bits per heavy atom. The molecule has 0 bridgehead atoms. The summed E-state index contributed by atoms with van der Waals surface area (Å²) in [5, 5.41) is 3.13. The van der Waals surface area contributed by atoms with Gasteiger partial charge in [-0.25, -0.2) is 4.79 Å². The van der Waals surface area contributed by atoms with E-state index in [1.54, 1.807) is 43.3 Å². The molecule has 0 aliphatic rings. The molecule has 0 spiro atoms. The number of halogens is 1. The molecule has 0 saturated carbocycles. The molecule has 2 aromatic carbocycles. The summed E-state index contributed by atoms with van der Waals surface area (Å²) in [4.78, 5) is 23.0. The number of carbonyl (C=O) groups excluding carboxylic acids is 2. The molecule has 0 aromatic heterocycles. The van der Waals surface area contributed by atoms with Crippen molar-refractivity contribution in [2.45, 2.75) is 6.92 Å². The van der Waals surface area contributed by atoms with Gasteiger partial charge in [0.05, 0.1) is 5.02 Å². The second kappa shape index (κ2) is 9.66. The van der Waals surface area contributed by atoms with E-state index >= 15 is 0 Å². The Morgan fingerprint density at radius 3 is 2.44 bits per heavy atom. The minimum absolute atomic E-state index is 0.169. The maximum atomic E-state index is 11.7. The number of carbonyl (C=O) groups is 2. The lowest BCUT2D eigenvalue weighted by Crippen LogP contribution is -2.22. The summed E-state index contributed by atoms with van der Waals surface area (Å²) in [6.07, 6.45) is 0. The first-order valence-electron chi connectivity index (χ1n) is 7.64. The normalized spacial score (nSPS) is 10.2. The number of esters is 1. The molecule has 1 amide bonds. The van der Waals surface area contributed by atoms with Crippen molar-refractivity contribution in [3.05, 3.63) is 53.6 Å². The summed E-state index contributed by atoms with van der Waals surface area (Å²) in [6.45, 7) is 1.63. The van der Waals surface area contributed by atoms with Crippen LogP contribution in [0.5, 0.6) is 11.5 Å². The van der Waals surface area contributed by atoms with Crippen LogP contribution < -0.4 is 10.1 Å². The molecule has 0 heterocycles. The first-order chi connectivity index (χ1) is 12.1. The van der Waals surface area contributed by atoms with Gasteiger partial charge in [-0.1, -0.05) is 23.7 Å². The molecule has 0 saturated heterocycles. The molecule has 0 aliphatic heterocycles. The first-order valence-corrected chi connectivity index (χ1v) is 8.02. The van der Waals surface area contributed by atoms with Gasteiger partial charge < -0.3 is 19.5 Å². The quantitative estimate of drug-likeness (QED) is 0.725. The zero-order valence-corrected chi connectivity index (χ0v) is 14.4. The van der Waals surface area contributed by atoms with Gasteiger partial charge in [-0.3, -0.25) is 4.79 Å². The van der Waals surface area contributed by atoms with Crippen LogP contribution in [-0.2, 0) is 19.1 Å². The summed E-state index contributed by atoms with van der Waals surface area (Å²) < 4.78 is 15.3. The number of amides is 1. The van der Waals surface area contributed by atoms with Crippen molar-refractivity contribution in [2.75, 3.05) is 25.1 Å². The summed E-state index contributed by atoms with van der Waals surface area (Å²) in [5.74, 6) is 0.0986. The van der Waals surface area contributed by atoms with Crippen molar-refractivity contribution >= 4 is 29.2 Å². The van der Waals surface area contributed by atoms with Crippen molar-refractivity contribution < 1.29 is 23.8 Å². The van der Waals surface area contributed by atoms with Crippen LogP contribution in [0.4, 0.5) is 5.69 Å². The highest BCUT2D eigenvalue weighted by Crippen LogP contribution is 2.29. The van der Waals surface area contributed by atoms with Gasteiger partial charge in [-0.2, -0.15) is 0 Å². The number of nitrogens with one attached hydrogen (secondary N) is 1. The average molecular weight is 364 g/mol. The van der Waals surface area contributed by atoms with Gasteiger partial charge in [0.2, 0.25) is 0 Å². The van der Waals surface area contributed by atoms with E-state index in [1.807, 2.05) is 12.1 Å². The predicted molar refractivity (Wildman–Crippen MR) is 94.0 cm³/mol. The van der Waals surface area contributed by atoms with Crippen molar-refractivity contribution in [3.63, 3.8) is 0 Å². The number of hydrogen-bond acceptors (Lipinski definition) is 5. The van der Waals surface area contributed by atoms with E-state index in [0.717, 1.165) is 0 Å². The van der Waals surface area contributed by atoms with E-state index in [0.29, 0.717) is 28.8 Å². The van der Waals surface area contributed by atoms with Crippen LogP contribution in [0.15, 0.2) is 48.5 Å². The molecule has 25 heavy (non-hydrogen) atoms. The Labute approximate surface area is 150 Å². The zero-order chi connectivity index (χ0) is 18.1. The average Bonchev–Trinajstić information content (AvgIpc) is 2.62. The molecule has 6 nitrogen and oxygen atoms in total. The molecule has 2 aromatic rings. The van der Waals surface area contributed by atoms with Crippen LogP contribution in [0.1, 0.15) is 6.92 Å². The summed E-state index contributed by atoms with van der Waals surface area (Å²) in [7, 11) is 0. The summed E-state index contributed by atoms with van der Waals surface area (Å²) >= 11 is 6.03. The number of para-hydroxylation sites is 1. The molecule has 0 fully saturated rings. The lowest BCUT2D eigenvalue weighted by molar-refractivity contribution is -0.151. The van der Waals surface area contributed by atoms with Crippen LogP contribution >= 0.6 is 11.6 Å². The summed E-state index contributed by atoms with van der Waals surface area (Å²) in [5.41, 5.74) is 0.553. The number of ether oxygens (including phenoxy) is 3. The molecule has 0 unspecified atom stereocenters. The summed E-state index contributed by atoms with van der Waals surface area (Å²) in [6, 6.07) is 13.9. The number of anilines is 1. The molecule has 0 atom stereocenters. The van der Waals surface area contributed by atoms with Crippen LogP contribution in [0.25, 0.3) is 0 Å². The van der Waals surface area contributed by atoms with Crippen molar-refractivity contribution in [2.24, 2.45) is 0 Å². The molecule has 7 heteroatoms. The second-order valence-corrected chi connectivity index (χ2v) is 5.31. The third-order valence-corrected chi connectivity index (χ3v) is 3.30. The lowest BCUT2D eigenvalue weighted by Gasteiger charge is -2.09. The highest BCUT2D eigenvalue weighted by Gasteiger charge is 2.08. The Balaban J connectivity index is 1.82. The van der Waals surface area contributed by atoms with E-state index < -0.39 is 11.9 Å². The van der Waals surface area contributed by atoms with E-state index in [9.17, 15) is 9.59 Å². The van der Waals surface area contributed by atoms with Gasteiger partial charge in [0.15, 0.2) is 6.61 Å². The van der Waals surface area contributed by atoms with Crippen molar-refractivity contribution in [3.8, 4) is 11.5 Å². The van der Waals surface area contributed by atoms with Crippen LogP contribution in [-0.4, -0.2) is 31.7 Å². The van der Waals surface area contributed by atoms with Crippen molar-refractivity contribution in [1.82, 2.24) is 0 Å². The van der Waals surface area contributed by atoms with E-state index in [-0.39, 0.29) is 13.2 Å². The Morgan fingerprint density at radius 1 is 1.04 bits per heavy atom. The van der Waals surface area contributed by atoms with Gasteiger partial charge in [0.25, 0.3) is 5.91 Å². The fourth-order valence-electron chi connectivity index (χ4n) is 1.83. The number of benzene rings is 2. The van der Waals surface area contributed by atoms with Crippen LogP contribution in [0.2, 0.25) is 5.02 Å². The third kappa shape index (κ3) is 6.45. The molecular weight excluding hydrogens is 346 g/mol. The van der Waals surface area contributed by atoms with Gasteiger partial charge in [-0.05, 0) is 43.3 Å². The molecule has 2 rings (SSSR count).